The van der Waals surface area contributed by atoms with Gasteiger partial charge in [-0.1, -0.05) is 42.5 Å². The van der Waals surface area contributed by atoms with E-state index in [1.54, 1.807) is 47.8 Å². The van der Waals surface area contributed by atoms with Gasteiger partial charge < -0.3 is 10.2 Å². The minimum Gasteiger partial charge on any atom is -0.331 e. The number of ketones is 1. The lowest BCUT2D eigenvalue weighted by Crippen LogP contribution is -2.40. The van der Waals surface area contributed by atoms with Gasteiger partial charge in [-0.15, -0.1) is 11.3 Å². The molecular weight excluding hydrogens is 513 g/mol. The van der Waals surface area contributed by atoms with Crippen LogP contribution in [0.15, 0.2) is 84.2 Å². The van der Waals surface area contributed by atoms with E-state index in [0.29, 0.717) is 46.8 Å². The molecule has 3 aromatic carbocycles. The van der Waals surface area contributed by atoms with E-state index in [4.69, 9.17) is 0 Å². The van der Waals surface area contributed by atoms with Gasteiger partial charge in [0, 0.05) is 24.3 Å². The summed E-state index contributed by atoms with van der Waals surface area (Å²) in [4.78, 5) is 40.2. The van der Waals surface area contributed by atoms with E-state index < -0.39 is 29.3 Å². The van der Waals surface area contributed by atoms with Crippen molar-refractivity contribution in [3.8, 4) is 11.1 Å². The van der Waals surface area contributed by atoms with Crippen molar-refractivity contribution in [2.75, 3.05) is 11.9 Å². The molecule has 1 aliphatic heterocycles. The Morgan fingerprint density at radius 1 is 0.868 bits per heavy atom. The summed E-state index contributed by atoms with van der Waals surface area (Å²) in [5.41, 5.74) is 3.00. The van der Waals surface area contributed by atoms with Gasteiger partial charge in [0.15, 0.2) is 0 Å². The molecule has 192 valence electrons. The number of halogens is 3. The predicted octanol–water partition coefficient (Wildman–Crippen LogP) is 6.45. The Hall–Kier alpha value is -4.24. The summed E-state index contributed by atoms with van der Waals surface area (Å²) in [6.45, 7) is 0.688. The first-order valence-electron chi connectivity index (χ1n) is 11.8. The smallest absolute Gasteiger partial charge is 0.331 e. The number of fused-ring (bicyclic) bond motifs is 1. The van der Waals surface area contributed by atoms with Crippen LogP contribution in [0.5, 0.6) is 0 Å². The molecule has 0 unspecified atom stereocenters. The molecule has 0 spiro atoms. The monoisotopic (exact) mass is 534 g/mol. The van der Waals surface area contributed by atoms with Gasteiger partial charge in [0.2, 0.25) is 0 Å². The van der Waals surface area contributed by atoms with E-state index in [1.807, 2.05) is 12.1 Å². The molecule has 0 aliphatic carbocycles. The summed E-state index contributed by atoms with van der Waals surface area (Å²) in [5.74, 6) is -1.44. The Balaban J connectivity index is 1.30. The number of thiophene rings is 1. The maximum absolute atomic E-state index is 13.2. The summed E-state index contributed by atoms with van der Waals surface area (Å²) in [5, 5.41) is 4.63. The molecule has 0 bridgehead atoms. The maximum atomic E-state index is 13.2. The third-order valence-corrected chi connectivity index (χ3v) is 7.27. The molecule has 0 atom stereocenters. The second kappa shape index (κ2) is 10.3. The molecule has 0 radical (unpaired) electrons. The van der Waals surface area contributed by atoms with Crippen molar-refractivity contribution in [2.24, 2.45) is 0 Å². The van der Waals surface area contributed by atoms with Crippen LogP contribution in [-0.4, -0.2) is 29.0 Å². The highest BCUT2D eigenvalue weighted by molar-refractivity contribution is 7.13. The lowest BCUT2D eigenvalue weighted by molar-refractivity contribution is -0.137. The van der Waals surface area contributed by atoms with Crippen LogP contribution in [0, 0.1) is 0 Å². The lowest BCUT2D eigenvalue weighted by atomic mass is 9.97. The summed E-state index contributed by atoms with van der Waals surface area (Å²) in [6, 6.07) is 20.2. The maximum Gasteiger partial charge on any atom is 0.416 e. The third kappa shape index (κ3) is 5.24. The molecule has 0 fully saturated rings. The number of nitrogens with zero attached hydrogens (tertiary/aromatic N) is 1. The van der Waals surface area contributed by atoms with Crippen molar-refractivity contribution in [3.63, 3.8) is 0 Å². The van der Waals surface area contributed by atoms with E-state index in [9.17, 15) is 27.6 Å². The number of alkyl halides is 3. The molecule has 38 heavy (non-hydrogen) atoms. The number of amides is 2. The minimum atomic E-state index is -4.44. The number of carbonyl (C=O) groups is 3. The van der Waals surface area contributed by atoms with Gasteiger partial charge in [0.1, 0.15) is 0 Å². The number of nitrogens with one attached hydrogen (secondary N) is 1. The number of hydrogen-bond acceptors (Lipinski definition) is 4. The van der Waals surface area contributed by atoms with Crippen LogP contribution >= 0.6 is 11.3 Å². The molecule has 5 nitrogen and oxygen atoms in total. The molecule has 0 saturated carbocycles. The van der Waals surface area contributed by atoms with Crippen LogP contribution in [0.4, 0.5) is 18.9 Å². The predicted molar refractivity (Wildman–Crippen MR) is 139 cm³/mol. The Morgan fingerprint density at radius 3 is 2.34 bits per heavy atom. The molecule has 2 heterocycles. The Bertz CT molecular complexity index is 1510. The van der Waals surface area contributed by atoms with Crippen molar-refractivity contribution >= 4 is 34.6 Å². The first-order chi connectivity index (χ1) is 18.2. The average molecular weight is 535 g/mol. The summed E-state index contributed by atoms with van der Waals surface area (Å²) in [7, 11) is 0. The van der Waals surface area contributed by atoms with Crippen molar-refractivity contribution in [3.05, 3.63) is 111 Å². The fraction of sp³-hybridized carbons (Fsp3) is 0.138. The van der Waals surface area contributed by atoms with Gasteiger partial charge in [-0.3, -0.25) is 14.4 Å². The molecule has 1 aromatic heterocycles. The molecule has 2 amide bonds. The highest BCUT2D eigenvalue weighted by Gasteiger charge is 2.30. The number of Topliss-reactive ketones (excluding diaryl/α,β-unsaturated/α-hetero) is 1. The zero-order valence-corrected chi connectivity index (χ0v) is 20.7. The van der Waals surface area contributed by atoms with Crippen molar-refractivity contribution in [1.29, 1.82) is 0 Å². The first-order valence-corrected chi connectivity index (χ1v) is 12.7. The van der Waals surface area contributed by atoms with Crippen LogP contribution in [0.1, 0.15) is 36.7 Å². The number of benzene rings is 3. The Kier molecular flexibility index (Phi) is 6.86. The number of hydrogen-bond donors (Lipinski definition) is 1. The first kappa shape index (κ1) is 25.4. The molecule has 5 rings (SSSR count). The van der Waals surface area contributed by atoms with Crippen molar-refractivity contribution in [2.45, 2.75) is 19.1 Å². The van der Waals surface area contributed by atoms with Gasteiger partial charge in [-0.25, -0.2) is 0 Å². The highest BCUT2D eigenvalue weighted by Crippen LogP contribution is 2.32. The van der Waals surface area contributed by atoms with Crippen LogP contribution in [0.3, 0.4) is 0 Å². The summed E-state index contributed by atoms with van der Waals surface area (Å²) in [6.07, 6.45) is -3.91. The zero-order chi connectivity index (χ0) is 26.9. The van der Waals surface area contributed by atoms with E-state index in [1.165, 1.54) is 28.4 Å². The molecule has 9 heteroatoms. The fourth-order valence-corrected chi connectivity index (χ4v) is 5.09. The van der Waals surface area contributed by atoms with Gasteiger partial charge >= 0.3 is 6.18 Å². The Morgan fingerprint density at radius 2 is 1.63 bits per heavy atom. The number of anilines is 1. The van der Waals surface area contributed by atoms with Gasteiger partial charge in [0.25, 0.3) is 17.6 Å². The van der Waals surface area contributed by atoms with Crippen molar-refractivity contribution < 1.29 is 27.6 Å². The minimum absolute atomic E-state index is 0.302. The molecule has 4 aromatic rings. The fourth-order valence-electron chi connectivity index (χ4n) is 4.43. The zero-order valence-electron chi connectivity index (χ0n) is 19.9. The molecule has 1 N–H and O–H groups in total. The summed E-state index contributed by atoms with van der Waals surface area (Å²) < 4.78 is 38.8. The largest absolute Gasteiger partial charge is 0.416 e. The van der Waals surface area contributed by atoms with Crippen LogP contribution < -0.4 is 5.32 Å². The van der Waals surface area contributed by atoms with Gasteiger partial charge in [-0.05, 0) is 70.5 Å². The quantitative estimate of drug-likeness (QED) is 0.236. The average Bonchev–Trinajstić information content (AvgIpc) is 3.47. The molecule has 1 aliphatic rings. The molecular formula is C29H21F3N2O3S. The SMILES string of the molecule is O=C(C(=O)N1CCc2cc(NC(=O)c3ccccc3-c3ccc(C(F)(F)F)cc3)ccc2C1)c1cccs1. The van der Waals surface area contributed by atoms with Crippen LogP contribution in [-0.2, 0) is 23.9 Å². The molecule has 0 saturated heterocycles. The third-order valence-electron chi connectivity index (χ3n) is 6.40. The second-order valence-corrected chi connectivity index (χ2v) is 9.79. The number of carbonyl (C=O) groups excluding carboxylic acids is 3. The van der Waals surface area contributed by atoms with Crippen LogP contribution in [0.25, 0.3) is 11.1 Å². The number of rotatable bonds is 5. The second-order valence-electron chi connectivity index (χ2n) is 8.84. The Labute approximate surface area is 220 Å². The summed E-state index contributed by atoms with van der Waals surface area (Å²) >= 11 is 1.23. The normalized spacial score (nSPS) is 13.1. The van der Waals surface area contributed by atoms with E-state index >= 15 is 0 Å². The topological polar surface area (TPSA) is 66.5 Å². The highest BCUT2D eigenvalue weighted by atomic mass is 32.1. The standard InChI is InChI=1S/C29H21F3N2O3S/c30-29(31,32)21-10-7-18(8-11-21)23-4-1-2-5-24(23)27(36)33-22-12-9-20-17-34(14-13-19(20)16-22)28(37)26(35)25-6-3-15-38-25/h1-12,15-16H,13-14,17H2,(H,33,36). The van der Waals surface area contributed by atoms with Crippen molar-refractivity contribution in [1.82, 2.24) is 4.90 Å². The van der Waals surface area contributed by atoms with Crippen LogP contribution in [0.2, 0.25) is 0 Å². The van der Waals surface area contributed by atoms with Gasteiger partial charge in [-0.2, -0.15) is 13.2 Å². The lowest BCUT2D eigenvalue weighted by Gasteiger charge is -2.28. The van der Waals surface area contributed by atoms with Gasteiger partial charge in [0.05, 0.1) is 10.4 Å². The van der Waals surface area contributed by atoms with E-state index in [0.717, 1.165) is 23.3 Å². The van der Waals surface area contributed by atoms with E-state index in [2.05, 4.69) is 5.32 Å². The van der Waals surface area contributed by atoms with E-state index in [-0.39, 0.29) is 0 Å².